The summed E-state index contributed by atoms with van der Waals surface area (Å²) in [5, 5.41) is 12.1. The lowest BCUT2D eigenvalue weighted by Gasteiger charge is -2.14. The van der Waals surface area contributed by atoms with Crippen LogP contribution in [0.1, 0.15) is 23.3 Å². The molecule has 1 rings (SSSR count). The van der Waals surface area contributed by atoms with Gasteiger partial charge in [-0.2, -0.15) is 17.7 Å². The first-order chi connectivity index (χ1) is 6.02. The van der Waals surface area contributed by atoms with Crippen LogP contribution >= 0.6 is 12.6 Å². The summed E-state index contributed by atoms with van der Waals surface area (Å²) in [5.74, 6) is -0.994. The molecule has 0 aliphatic rings. The van der Waals surface area contributed by atoms with Gasteiger partial charge in [0.15, 0.2) is 0 Å². The fourth-order valence-corrected chi connectivity index (χ4v) is 0.964. The number of carboxylic acid groups (broad SMARTS) is 1. The first kappa shape index (κ1) is 10.1. The highest BCUT2D eigenvalue weighted by atomic mass is 32.1. The Morgan fingerprint density at radius 1 is 1.85 bits per heavy atom. The Hall–Kier alpha value is -1.01. The Labute approximate surface area is 80.9 Å². The summed E-state index contributed by atoms with van der Waals surface area (Å²) in [6, 6.07) is -0.128. The minimum atomic E-state index is -0.994. The molecule has 1 aromatic heterocycles. The van der Waals surface area contributed by atoms with Gasteiger partial charge in [-0.3, -0.25) is 4.68 Å². The van der Waals surface area contributed by atoms with Gasteiger partial charge in [0.25, 0.3) is 0 Å². The van der Waals surface area contributed by atoms with Crippen LogP contribution in [0.15, 0.2) is 12.4 Å². The van der Waals surface area contributed by atoms with Gasteiger partial charge in [0.1, 0.15) is 0 Å². The van der Waals surface area contributed by atoms with E-state index in [1.807, 2.05) is 6.92 Å². The van der Waals surface area contributed by atoms with Crippen molar-refractivity contribution in [3.63, 3.8) is 0 Å². The SMILES string of the molecule is CC(C(N)S)n1cc(C(=O)O)cn1. The first-order valence-electron chi connectivity index (χ1n) is 3.73. The van der Waals surface area contributed by atoms with Crippen LogP contribution in [0.25, 0.3) is 0 Å². The summed E-state index contributed by atoms with van der Waals surface area (Å²) in [6.45, 7) is 1.82. The maximum atomic E-state index is 10.5. The lowest BCUT2D eigenvalue weighted by Crippen LogP contribution is -2.25. The lowest BCUT2D eigenvalue weighted by molar-refractivity contribution is 0.0696. The average molecular weight is 201 g/mol. The first-order valence-corrected chi connectivity index (χ1v) is 4.25. The summed E-state index contributed by atoms with van der Waals surface area (Å²) in [4.78, 5) is 10.5. The monoisotopic (exact) mass is 201 g/mol. The molecular weight excluding hydrogens is 190 g/mol. The van der Waals surface area contributed by atoms with Gasteiger partial charge < -0.3 is 10.8 Å². The van der Waals surface area contributed by atoms with Gasteiger partial charge in [0, 0.05) is 6.20 Å². The number of carboxylic acids is 1. The van der Waals surface area contributed by atoms with E-state index in [0.29, 0.717) is 0 Å². The van der Waals surface area contributed by atoms with Gasteiger partial charge in [-0.1, -0.05) is 0 Å². The molecule has 0 saturated heterocycles. The fourth-order valence-electron chi connectivity index (χ4n) is 0.828. The van der Waals surface area contributed by atoms with Crippen molar-refractivity contribution in [3.8, 4) is 0 Å². The Kier molecular flexibility index (Phi) is 2.94. The summed E-state index contributed by atoms with van der Waals surface area (Å²) < 4.78 is 1.49. The van der Waals surface area contributed by atoms with Crippen molar-refractivity contribution in [2.24, 2.45) is 5.73 Å². The van der Waals surface area contributed by atoms with Crippen molar-refractivity contribution in [2.45, 2.75) is 18.3 Å². The molecule has 0 fully saturated rings. The van der Waals surface area contributed by atoms with Crippen LogP contribution in [0.3, 0.4) is 0 Å². The number of aromatic nitrogens is 2. The zero-order chi connectivity index (χ0) is 10.0. The molecule has 0 aliphatic carbocycles. The van der Waals surface area contributed by atoms with E-state index in [1.54, 1.807) is 0 Å². The number of rotatable bonds is 3. The summed E-state index contributed by atoms with van der Waals surface area (Å²) >= 11 is 4.03. The van der Waals surface area contributed by atoms with Crippen LogP contribution in [0.4, 0.5) is 0 Å². The predicted molar refractivity (Wildman–Crippen MR) is 50.9 cm³/mol. The normalized spacial score (nSPS) is 15.3. The van der Waals surface area contributed by atoms with E-state index < -0.39 is 5.97 Å². The standard InChI is InChI=1S/C7H11N3O2S/c1-4(6(8)13)10-3-5(2-9-10)7(11)12/h2-4,6,13H,8H2,1H3,(H,11,12). The molecule has 0 aromatic carbocycles. The second-order valence-electron chi connectivity index (χ2n) is 2.75. The van der Waals surface area contributed by atoms with Crippen LogP contribution in [-0.2, 0) is 0 Å². The Morgan fingerprint density at radius 2 is 2.46 bits per heavy atom. The zero-order valence-corrected chi connectivity index (χ0v) is 7.98. The molecule has 2 unspecified atom stereocenters. The number of hydrogen-bond acceptors (Lipinski definition) is 4. The molecule has 2 atom stereocenters. The average Bonchev–Trinajstić information content (AvgIpc) is 2.50. The largest absolute Gasteiger partial charge is 0.478 e. The summed E-state index contributed by atoms with van der Waals surface area (Å²) in [5.41, 5.74) is 5.66. The number of hydrogen-bond donors (Lipinski definition) is 3. The zero-order valence-electron chi connectivity index (χ0n) is 7.08. The molecule has 0 bridgehead atoms. The van der Waals surface area contributed by atoms with Gasteiger partial charge in [-0.25, -0.2) is 4.79 Å². The third kappa shape index (κ3) is 2.22. The molecule has 1 heterocycles. The molecule has 0 saturated carbocycles. The van der Waals surface area contributed by atoms with Crippen molar-refractivity contribution in [2.75, 3.05) is 0 Å². The molecule has 0 spiro atoms. The summed E-state index contributed by atoms with van der Waals surface area (Å²) in [7, 11) is 0. The van der Waals surface area contributed by atoms with E-state index in [0.717, 1.165) is 0 Å². The van der Waals surface area contributed by atoms with Crippen molar-refractivity contribution in [3.05, 3.63) is 18.0 Å². The third-order valence-corrected chi connectivity index (χ3v) is 2.19. The fraction of sp³-hybridized carbons (Fsp3) is 0.429. The topological polar surface area (TPSA) is 81.1 Å². The van der Waals surface area contributed by atoms with E-state index in [9.17, 15) is 4.79 Å². The van der Waals surface area contributed by atoms with E-state index in [-0.39, 0.29) is 17.0 Å². The number of thiol groups is 1. The van der Waals surface area contributed by atoms with E-state index >= 15 is 0 Å². The third-order valence-electron chi connectivity index (χ3n) is 1.76. The van der Waals surface area contributed by atoms with Gasteiger partial charge in [0.2, 0.25) is 0 Å². The molecule has 3 N–H and O–H groups in total. The lowest BCUT2D eigenvalue weighted by atomic mass is 10.3. The molecular formula is C7H11N3O2S. The smallest absolute Gasteiger partial charge is 0.338 e. The van der Waals surface area contributed by atoms with Gasteiger partial charge >= 0.3 is 5.97 Å². The molecule has 0 amide bonds. The van der Waals surface area contributed by atoms with E-state index in [2.05, 4.69) is 17.7 Å². The second kappa shape index (κ2) is 3.80. The molecule has 5 nitrogen and oxygen atoms in total. The van der Waals surface area contributed by atoms with Gasteiger partial charge in [-0.15, -0.1) is 0 Å². The maximum Gasteiger partial charge on any atom is 0.338 e. The minimum absolute atomic E-state index is 0.128. The number of nitrogens with zero attached hydrogens (tertiary/aromatic N) is 2. The van der Waals surface area contributed by atoms with Gasteiger partial charge in [0.05, 0.1) is 23.2 Å². The van der Waals surface area contributed by atoms with Crippen LogP contribution in [0.5, 0.6) is 0 Å². The maximum absolute atomic E-state index is 10.5. The van der Waals surface area contributed by atoms with Crippen LogP contribution < -0.4 is 5.73 Å². The quantitative estimate of drug-likeness (QED) is 0.487. The molecule has 1 aromatic rings. The van der Waals surface area contributed by atoms with Crippen LogP contribution in [-0.4, -0.2) is 26.2 Å². The van der Waals surface area contributed by atoms with Crippen molar-refractivity contribution in [1.29, 1.82) is 0 Å². The van der Waals surface area contributed by atoms with Crippen molar-refractivity contribution >= 4 is 18.6 Å². The Morgan fingerprint density at radius 3 is 2.85 bits per heavy atom. The van der Waals surface area contributed by atoms with Gasteiger partial charge in [-0.05, 0) is 6.92 Å². The molecule has 72 valence electrons. The second-order valence-corrected chi connectivity index (χ2v) is 3.34. The number of nitrogens with two attached hydrogens (primary N) is 1. The molecule has 6 heteroatoms. The molecule has 13 heavy (non-hydrogen) atoms. The van der Waals surface area contributed by atoms with Crippen LogP contribution in [0.2, 0.25) is 0 Å². The Balaban J connectivity index is 2.85. The number of carbonyl (C=O) groups is 1. The van der Waals surface area contributed by atoms with E-state index in [1.165, 1.54) is 17.1 Å². The van der Waals surface area contributed by atoms with Crippen molar-refractivity contribution in [1.82, 2.24) is 9.78 Å². The van der Waals surface area contributed by atoms with E-state index in [4.69, 9.17) is 10.8 Å². The number of aromatic carboxylic acids is 1. The van der Waals surface area contributed by atoms with Crippen molar-refractivity contribution < 1.29 is 9.90 Å². The predicted octanol–water partition coefficient (Wildman–Crippen LogP) is 0.357. The highest BCUT2D eigenvalue weighted by molar-refractivity contribution is 7.80. The minimum Gasteiger partial charge on any atom is -0.478 e. The van der Waals surface area contributed by atoms with Crippen LogP contribution in [0, 0.1) is 0 Å². The summed E-state index contributed by atoms with van der Waals surface area (Å²) in [6.07, 6.45) is 2.72. The highest BCUT2D eigenvalue weighted by Crippen LogP contribution is 2.11. The molecule has 0 aliphatic heterocycles. The molecule has 0 radical (unpaired) electrons. The highest BCUT2D eigenvalue weighted by Gasteiger charge is 2.13. The Bertz CT molecular complexity index is 310.